The lowest BCUT2D eigenvalue weighted by Gasteiger charge is -2.22. The number of hydrogen-bond donors (Lipinski definition) is 3. The van der Waals surface area contributed by atoms with Gasteiger partial charge in [-0.05, 0) is 0 Å². The van der Waals surface area contributed by atoms with Gasteiger partial charge in [-0.15, -0.1) is 22.6 Å². The van der Waals surface area contributed by atoms with Crippen LogP contribution < -0.4 is 15.4 Å². The highest BCUT2D eigenvalue weighted by Crippen LogP contribution is 2.21. The Balaban J connectivity index is 0.00000220. The molecule has 8 nitrogen and oxygen atoms in total. The number of nitrogens with zero attached hydrogens (tertiary/aromatic N) is 2. The van der Waals surface area contributed by atoms with E-state index < -0.39 is 10.0 Å². The minimum atomic E-state index is -3.38. The number of anilines is 2. The second kappa shape index (κ2) is 8.13. The van der Waals surface area contributed by atoms with E-state index in [2.05, 4.69) is 25.6 Å². The highest BCUT2D eigenvalue weighted by atomic mass is 35.5. The second-order valence-electron chi connectivity index (χ2n) is 4.26. The van der Waals surface area contributed by atoms with Crippen LogP contribution in [0.25, 0.3) is 0 Å². The van der Waals surface area contributed by atoms with E-state index in [-0.39, 0.29) is 34.6 Å². The Bertz CT molecular complexity index is 573. The number of aromatic nitrogens is 2. The number of carbonyl (C=O) groups excluding carboxylic acids is 1. The fourth-order valence-corrected chi connectivity index (χ4v) is 4.06. The average molecular weight is 374 g/mol. The largest absolute Gasteiger partial charge is 0.312 e. The predicted molar refractivity (Wildman–Crippen MR) is 88.0 cm³/mol. The van der Waals surface area contributed by atoms with Gasteiger partial charge in [0.2, 0.25) is 26.2 Å². The third-order valence-corrected chi connectivity index (χ3v) is 4.95. The molecule has 2 heterocycles. The standard InChI is InChI=1S/C9H15N5O3S3.ClH/c1-20(16,17)14-9-13-12-8(19-9)11-7(15)4-6-5-18-3-2-10-6;/h6,10H,2-5H2,1H3,(H,13,14)(H,11,12,15);1H. The molecule has 1 aromatic heterocycles. The van der Waals surface area contributed by atoms with Crippen LogP contribution in [-0.4, -0.2) is 54.9 Å². The van der Waals surface area contributed by atoms with E-state index in [0.29, 0.717) is 6.42 Å². The van der Waals surface area contributed by atoms with Gasteiger partial charge in [0.25, 0.3) is 0 Å². The van der Waals surface area contributed by atoms with Crippen LogP contribution in [0.15, 0.2) is 0 Å². The summed E-state index contributed by atoms with van der Waals surface area (Å²) in [7, 11) is -3.38. The number of thioether (sulfide) groups is 1. The Labute approximate surface area is 137 Å². The zero-order valence-electron chi connectivity index (χ0n) is 11.2. The molecule has 0 aliphatic carbocycles. The first-order chi connectivity index (χ1) is 9.42. The maximum absolute atomic E-state index is 11.8. The van der Waals surface area contributed by atoms with Crippen molar-refractivity contribution in [3.05, 3.63) is 0 Å². The molecular weight excluding hydrogens is 358 g/mol. The van der Waals surface area contributed by atoms with Gasteiger partial charge in [-0.25, -0.2) is 8.42 Å². The predicted octanol–water partition coefficient (Wildman–Crippen LogP) is 0.365. The Kier molecular flexibility index (Phi) is 7.13. The quantitative estimate of drug-likeness (QED) is 0.683. The Morgan fingerprint density at radius 3 is 2.76 bits per heavy atom. The molecule has 1 fully saturated rings. The molecule has 1 atom stereocenters. The highest BCUT2D eigenvalue weighted by Gasteiger charge is 2.18. The number of carbonyl (C=O) groups is 1. The van der Waals surface area contributed by atoms with Crippen molar-refractivity contribution >= 4 is 61.7 Å². The van der Waals surface area contributed by atoms with Crippen LogP contribution in [0.4, 0.5) is 10.3 Å². The Morgan fingerprint density at radius 1 is 1.43 bits per heavy atom. The van der Waals surface area contributed by atoms with Crippen molar-refractivity contribution in [3.63, 3.8) is 0 Å². The van der Waals surface area contributed by atoms with Crippen molar-refractivity contribution in [3.8, 4) is 0 Å². The second-order valence-corrected chi connectivity index (χ2v) is 8.14. The number of hydrogen-bond acceptors (Lipinski definition) is 8. The van der Waals surface area contributed by atoms with E-state index in [9.17, 15) is 13.2 Å². The number of halogens is 1. The molecule has 21 heavy (non-hydrogen) atoms. The maximum Gasteiger partial charge on any atom is 0.231 e. The molecule has 12 heteroatoms. The molecular formula is C9H16ClN5O3S3. The van der Waals surface area contributed by atoms with Crippen LogP contribution in [0.1, 0.15) is 6.42 Å². The van der Waals surface area contributed by atoms with Crippen LogP contribution in [-0.2, 0) is 14.8 Å². The molecule has 2 rings (SSSR count). The van der Waals surface area contributed by atoms with Crippen molar-refractivity contribution in [2.75, 3.05) is 34.3 Å². The minimum absolute atomic E-state index is 0. The average Bonchev–Trinajstić information content (AvgIpc) is 2.75. The molecule has 1 aliphatic heterocycles. The van der Waals surface area contributed by atoms with Gasteiger partial charge >= 0.3 is 0 Å². The third-order valence-electron chi connectivity index (χ3n) is 2.37. The van der Waals surface area contributed by atoms with E-state index in [0.717, 1.165) is 35.6 Å². The van der Waals surface area contributed by atoms with Gasteiger partial charge in [0.05, 0.1) is 6.26 Å². The van der Waals surface area contributed by atoms with Crippen LogP contribution >= 0.6 is 35.5 Å². The molecule has 0 saturated carbocycles. The van der Waals surface area contributed by atoms with Gasteiger partial charge in [-0.1, -0.05) is 11.3 Å². The summed E-state index contributed by atoms with van der Waals surface area (Å²) in [6.45, 7) is 0.907. The highest BCUT2D eigenvalue weighted by molar-refractivity contribution is 7.99. The molecule has 120 valence electrons. The Morgan fingerprint density at radius 2 is 2.14 bits per heavy atom. The number of sulfonamides is 1. The van der Waals surface area contributed by atoms with E-state index in [1.165, 1.54) is 0 Å². The molecule has 3 N–H and O–H groups in total. The molecule has 0 spiro atoms. The first-order valence-electron chi connectivity index (χ1n) is 5.84. The van der Waals surface area contributed by atoms with Crippen molar-refractivity contribution in [1.82, 2.24) is 15.5 Å². The zero-order chi connectivity index (χ0) is 14.6. The number of nitrogens with one attached hydrogen (secondary N) is 3. The Hall–Kier alpha value is -0.620. The summed E-state index contributed by atoms with van der Waals surface area (Å²) in [6.07, 6.45) is 1.39. The zero-order valence-corrected chi connectivity index (χ0v) is 14.4. The topological polar surface area (TPSA) is 113 Å². The smallest absolute Gasteiger partial charge is 0.231 e. The molecule has 0 radical (unpaired) electrons. The summed E-state index contributed by atoms with van der Waals surface area (Å²) in [5.74, 6) is 1.81. The molecule has 1 aliphatic rings. The van der Waals surface area contributed by atoms with Gasteiger partial charge < -0.3 is 10.6 Å². The summed E-state index contributed by atoms with van der Waals surface area (Å²) in [5, 5.41) is 13.7. The maximum atomic E-state index is 11.8. The fraction of sp³-hybridized carbons (Fsp3) is 0.667. The van der Waals surface area contributed by atoms with Crippen molar-refractivity contribution in [2.24, 2.45) is 0 Å². The first kappa shape index (κ1) is 18.4. The van der Waals surface area contributed by atoms with E-state index in [1.807, 2.05) is 11.8 Å². The number of amides is 1. The van der Waals surface area contributed by atoms with Crippen molar-refractivity contribution < 1.29 is 13.2 Å². The molecule has 1 saturated heterocycles. The van der Waals surface area contributed by atoms with E-state index >= 15 is 0 Å². The van der Waals surface area contributed by atoms with E-state index in [4.69, 9.17) is 0 Å². The number of rotatable bonds is 5. The van der Waals surface area contributed by atoms with Gasteiger partial charge in [-0.3, -0.25) is 9.52 Å². The van der Waals surface area contributed by atoms with Crippen LogP contribution in [0.5, 0.6) is 0 Å². The minimum Gasteiger partial charge on any atom is -0.312 e. The molecule has 0 bridgehead atoms. The molecule has 1 amide bonds. The van der Waals surface area contributed by atoms with Gasteiger partial charge in [0, 0.05) is 30.5 Å². The first-order valence-corrected chi connectivity index (χ1v) is 9.71. The fourth-order valence-electron chi connectivity index (χ4n) is 1.62. The summed E-state index contributed by atoms with van der Waals surface area (Å²) < 4.78 is 24.3. The lowest BCUT2D eigenvalue weighted by molar-refractivity contribution is -0.116. The molecule has 1 aromatic rings. The summed E-state index contributed by atoms with van der Waals surface area (Å²) in [4.78, 5) is 11.8. The van der Waals surface area contributed by atoms with Crippen molar-refractivity contribution in [1.29, 1.82) is 0 Å². The lowest BCUT2D eigenvalue weighted by atomic mass is 10.2. The lowest BCUT2D eigenvalue weighted by Crippen LogP contribution is -2.39. The van der Waals surface area contributed by atoms with Gasteiger partial charge in [0.15, 0.2) is 0 Å². The molecule has 0 aromatic carbocycles. The van der Waals surface area contributed by atoms with Crippen LogP contribution in [0.2, 0.25) is 0 Å². The van der Waals surface area contributed by atoms with Crippen LogP contribution in [0.3, 0.4) is 0 Å². The summed E-state index contributed by atoms with van der Waals surface area (Å²) in [5.41, 5.74) is 0. The summed E-state index contributed by atoms with van der Waals surface area (Å²) in [6, 6.07) is 0.162. The van der Waals surface area contributed by atoms with Crippen molar-refractivity contribution in [2.45, 2.75) is 12.5 Å². The van der Waals surface area contributed by atoms with E-state index in [1.54, 1.807) is 0 Å². The third kappa shape index (κ3) is 6.78. The molecule has 1 unspecified atom stereocenters. The monoisotopic (exact) mass is 373 g/mol. The van der Waals surface area contributed by atoms with Gasteiger partial charge in [-0.2, -0.15) is 11.8 Å². The summed E-state index contributed by atoms with van der Waals surface area (Å²) >= 11 is 2.80. The SMILES string of the molecule is CS(=O)(=O)Nc1nnc(NC(=O)CC2CSCCN2)s1.Cl. The van der Waals surface area contributed by atoms with Crippen LogP contribution in [0, 0.1) is 0 Å². The van der Waals surface area contributed by atoms with Gasteiger partial charge in [0.1, 0.15) is 0 Å². The normalized spacial score (nSPS) is 18.6.